The van der Waals surface area contributed by atoms with Gasteiger partial charge in [-0.25, -0.2) is 0 Å². The number of nitrogens with two attached hydrogens (primary N) is 1. The van der Waals surface area contributed by atoms with E-state index >= 15 is 0 Å². The fraction of sp³-hybridized carbons (Fsp3) is 0.364. The van der Waals surface area contributed by atoms with E-state index in [1.807, 2.05) is 0 Å². The average Bonchev–Trinajstić information content (AvgIpc) is 2.28. The van der Waals surface area contributed by atoms with Crippen molar-refractivity contribution in [2.75, 3.05) is 6.54 Å². The standard InChI is InChI=1S/C11H14N2O5/c12-10(18-9-4-2-1-3-5-9)6-8(11(14)15)7-13(16)17/h1-5,8,10H,6-7,12H2,(H,14,15). The van der Waals surface area contributed by atoms with Crippen molar-refractivity contribution in [1.29, 1.82) is 0 Å². The monoisotopic (exact) mass is 254 g/mol. The minimum absolute atomic E-state index is 0.120. The molecule has 1 aromatic carbocycles. The molecular formula is C11H14N2O5. The number of nitrogens with zero attached hydrogens (tertiary/aromatic N) is 1. The largest absolute Gasteiger partial charge is 0.481 e. The van der Waals surface area contributed by atoms with E-state index in [1.165, 1.54) is 0 Å². The van der Waals surface area contributed by atoms with E-state index in [0.717, 1.165) is 0 Å². The second-order valence-electron chi connectivity index (χ2n) is 3.76. The second kappa shape index (κ2) is 6.55. The van der Waals surface area contributed by atoms with Crippen molar-refractivity contribution in [1.82, 2.24) is 0 Å². The lowest BCUT2D eigenvalue weighted by Gasteiger charge is -2.16. The molecule has 0 spiro atoms. The van der Waals surface area contributed by atoms with Crippen LogP contribution in [0.2, 0.25) is 0 Å². The molecule has 98 valence electrons. The molecule has 2 atom stereocenters. The van der Waals surface area contributed by atoms with Gasteiger partial charge >= 0.3 is 5.97 Å². The van der Waals surface area contributed by atoms with Crippen LogP contribution in [0.5, 0.6) is 5.75 Å². The zero-order chi connectivity index (χ0) is 13.5. The highest BCUT2D eigenvalue weighted by molar-refractivity contribution is 5.70. The molecule has 0 saturated carbocycles. The van der Waals surface area contributed by atoms with Crippen molar-refractivity contribution in [3.63, 3.8) is 0 Å². The van der Waals surface area contributed by atoms with Gasteiger partial charge in [0.25, 0.3) is 0 Å². The third kappa shape index (κ3) is 4.79. The van der Waals surface area contributed by atoms with Gasteiger partial charge in [0.2, 0.25) is 6.54 Å². The van der Waals surface area contributed by atoms with Gasteiger partial charge in [-0.3, -0.25) is 20.6 Å². The van der Waals surface area contributed by atoms with Gasteiger partial charge in [0.15, 0.2) is 0 Å². The number of hydrogen-bond donors (Lipinski definition) is 2. The maximum atomic E-state index is 10.8. The molecule has 0 aromatic heterocycles. The van der Waals surface area contributed by atoms with Crippen LogP contribution in [0.1, 0.15) is 6.42 Å². The number of ether oxygens (including phenoxy) is 1. The Morgan fingerprint density at radius 3 is 2.56 bits per heavy atom. The van der Waals surface area contributed by atoms with Crippen LogP contribution < -0.4 is 10.5 Å². The van der Waals surface area contributed by atoms with Crippen LogP contribution in [0.4, 0.5) is 0 Å². The van der Waals surface area contributed by atoms with Gasteiger partial charge in [-0.05, 0) is 12.1 Å². The highest BCUT2D eigenvalue weighted by Crippen LogP contribution is 2.13. The zero-order valence-electron chi connectivity index (χ0n) is 9.56. The number of nitro groups is 1. The van der Waals surface area contributed by atoms with Crippen LogP contribution in [-0.4, -0.2) is 28.8 Å². The highest BCUT2D eigenvalue weighted by atomic mass is 16.6. The lowest BCUT2D eigenvalue weighted by molar-refractivity contribution is -0.486. The van der Waals surface area contributed by atoms with Crippen molar-refractivity contribution < 1.29 is 19.6 Å². The first-order valence-corrected chi connectivity index (χ1v) is 5.31. The topological polar surface area (TPSA) is 116 Å². The summed E-state index contributed by atoms with van der Waals surface area (Å²) in [7, 11) is 0. The minimum atomic E-state index is -1.25. The molecule has 0 radical (unpaired) electrons. The van der Waals surface area contributed by atoms with Crippen LogP contribution in [0.15, 0.2) is 30.3 Å². The Balaban J connectivity index is 2.53. The van der Waals surface area contributed by atoms with Crippen molar-refractivity contribution in [2.45, 2.75) is 12.6 Å². The quantitative estimate of drug-likeness (QED) is 0.420. The van der Waals surface area contributed by atoms with Crippen molar-refractivity contribution in [2.24, 2.45) is 11.7 Å². The lowest BCUT2D eigenvalue weighted by Crippen LogP contribution is -2.35. The lowest BCUT2D eigenvalue weighted by atomic mass is 10.1. The summed E-state index contributed by atoms with van der Waals surface area (Å²) < 4.78 is 5.27. The molecule has 0 saturated heterocycles. The van der Waals surface area contributed by atoms with E-state index in [0.29, 0.717) is 5.75 Å². The Kier molecular flexibility index (Phi) is 5.06. The molecule has 0 bridgehead atoms. The minimum Gasteiger partial charge on any atom is -0.481 e. The Labute approximate surface area is 103 Å². The molecule has 7 heteroatoms. The summed E-state index contributed by atoms with van der Waals surface area (Å²) in [6, 6.07) is 8.62. The molecule has 0 amide bonds. The summed E-state index contributed by atoms with van der Waals surface area (Å²) in [4.78, 5) is 20.4. The molecule has 2 unspecified atom stereocenters. The SMILES string of the molecule is NC(CC(C[N+](=O)[O-])C(=O)O)Oc1ccccc1. The first kappa shape index (κ1) is 13.9. The van der Waals surface area contributed by atoms with Crippen molar-refractivity contribution >= 4 is 5.97 Å². The third-order valence-electron chi connectivity index (χ3n) is 2.27. The molecule has 1 rings (SSSR count). The predicted octanol–water partition coefficient (Wildman–Crippen LogP) is 0.718. The molecule has 0 fully saturated rings. The number of carbonyl (C=O) groups is 1. The van der Waals surface area contributed by atoms with Crippen molar-refractivity contribution in [3.8, 4) is 5.75 Å². The van der Waals surface area contributed by atoms with Gasteiger partial charge in [-0.2, -0.15) is 0 Å². The predicted molar refractivity (Wildman–Crippen MR) is 62.6 cm³/mol. The van der Waals surface area contributed by atoms with E-state index in [1.54, 1.807) is 30.3 Å². The van der Waals surface area contributed by atoms with Crippen LogP contribution in [0.3, 0.4) is 0 Å². The summed E-state index contributed by atoms with van der Waals surface area (Å²) in [6.07, 6.45) is -1.01. The molecule has 0 aliphatic carbocycles. The van der Waals surface area contributed by atoms with Crippen molar-refractivity contribution in [3.05, 3.63) is 40.4 Å². The van der Waals surface area contributed by atoms with Crippen LogP contribution >= 0.6 is 0 Å². The number of rotatable bonds is 7. The fourth-order valence-corrected chi connectivity index (χ4v) is 1.44. The summed E-state index contributed by atoms with van der Waals surface area (Å²) in [5.41, 5.74) is 5.61. The first-order chi connectivity index (χ1) is 8.49. The van der Waals surface area contributed by atoms with E-state index in [2.05, 4.69) is 0 Å². The number of hydrogen-bond acceptors (Lipinski definition) is 5. The molecule has 0 aliphatic heterocycles. The summed E-state index contributed by atoms with van der Waals surface area (Å²) in [6.45, 7) is -0.665. The molecule has 18 heavy (non-hydrogen) atoms. The summed E-state index contributed by atoms with van der Waals surface area (Å²) in [5.74, 6) is -1.91. The van der Waals surface area contributed by atoms with Gasteiger partial charge in [0, 0.05) is 11.3 Å². The highest BCUT2D eigenvalue weighted by Gasteiger charge is 2.26. The van der Waals surface area contributed by atoms with Crippen LogP contribution in [0, 0.1) is 16.0 Å². The smallest absolute Gasteiger partial charge is 0.313 e. The number of benzene rings is 1. The zero-order valence-corrected chi connectivity index (χ0v) is 9.56. The van der Waals surface area contributed by atoms with E-state index in [9.17, 15) is 14.9 Å². The Morgan fingerprint density at radius 2 is 2.06 bits per heavy atom. The molecule has 1 aromatic rings. The average molecular weight is 254 g/mol. The Hall–Kier alpha value is -2.15. The number of aliphatic carboxylic acids is 1. The van der Waals surface area contributed by atoms with Gasteiger partial charge in [-0.1, -0.05) is 18.2 Å². The molecule has 3 N–H and O–H groups in total. The van der Waals surface area contributed by atoms with Crippen LogP contribution in [0.25, 0.3) is 0 Å². The molecule has 0 aliphatic rings. The Morgan fingerprint density at radius 1 is 1.44 bits per heavy atom. The number of para-hydroxylation sites is 1. The maximum Gasteiger partial charge on any atom is 0.313 e. The Bertz CT molecular complexity index is 409. The van der Waals surface area contributed by atoms with E-state index in [-0.39, 0.29) is 6.42 Å². The number of carboxylic acids is 1. The van der Waals surface area contributed by atoms with Gasteiger partial charge in [0.1, 0.15) is 17.9 Å². The van der Waals surface area contributed by atoms with Crippen LogP contribution in [-0.2, 0) is 4.79 Å². The first-order valence-electron chi connectivity index (χ1n) is 5.31. The number of carboxylic acid groups (broad SMARTS) is 1. The summed E-state index contributed by atoms with van der Waals surface area (Å²) in [5, 5.41) is 19.1. The van der Waals surface area contributed by atoms with Gasteiger partial charge in [-0.15, -0.1) is 0 Å². The van der Waals surface area contributed by atoms with E-state index in [4.69, 9.17) is 15.6 Å². The van der Waals surface area contributed by atoms with Gasteiger partial charge in [0.05, 0.1) is 0 Å². The normalized spacial score (nSPS) is 13.6. The van der Waals surface area contributed by atoms with Gasteiger partial charge < -0.3 is 9.84 Å². The van der Waals surface area contributed by atoms with E-state index < -0.39 is 29.6 Å². The molecular weight excluding hydrogens is 240 g/mol. The fourth-order valence-electron chi connectivity index (χ4n) is 1.44. The third-order valence-corrected chi connectivity index (χ3v) is 2.27. The maximum absolute atomic E-state index is 10.8. The summed E-state index contributed by atoms with van der Waals surface area (Å²) >= 11 is 0. The second-order valence-corrected chi connectivity index (χ2v) is 3.76. The molecule has 0 heterocycles. The molecule has 7 nitrogen and oxygen atoms in total.